The van der Waals surface area contributed by atoms with Gasteiger partial charge in [-0.2, -0.15) is 26.5 Å². The molecule has 1 saturated carbocycles. The average Bonchev–Trinajstić information content (AvgIpc) is 2.26. The molecule has 0 bridgehead atoms. The molecule has 0 aliphatic heterocycles. The summed E-state index contributed by atoms with van der Waals surface area (Å²) in [5.41, 5.74) is 5.80. The predicted octanol–water partition coefficient (Wildman–Crippen LogP) is 4.94. The van der Waals surface area contributed by atoms with Crippen molar-refractivity contribution in [2.45, 2.75) is 59.8 Å². The Morgan fingerprint density at radius 3 is 1.89 bits per heavy atom. The van der Waals surface area contributed by atoms with Crippen molar-refractivity contribution in [2.24, 2.45) is 5.92 Å². The van der Waals surface area contributed by atoms with Gasteiger partial charge in [-0.25, -0.2) is 0 Å². The molecule has 0 atom stereocenters. The Labute approximate surface area is 127 Å². The van der Waals surface area contributed by atoms with Crippen molar-refractivity contribution in [3.05, 3.63) is 23.1 Å². The normalized spacial score (nSPS) is 17.0. The van der Waals surface area contributed by atoms with E-state index >= 15 is 0 Å². The van der Waals surface area contributed by atoms with E-state index in [1.54, 1.807) is 0 Å². The van der Waals surface area contributed by atoms with Crippen LogP contribution in [0.3, 0.4) is 0 Å². The molecule has 0 unspecified atom stereocenters. The molecule has 0 heterocycles. The Balaban J connectivity index is 0. The van der Waals surface area contributed by atoms with Gasteiger partial charge in [0.1, 0.15) is 0 Å². The summed E-state index contributed by atoms with van der Waals surface area (Å²) in [4.78, 5) is 0. The first-order chi connectivity index (χ1) is 7.97. The SMILES string of the molecule is C/C=C(\[N-]N(C)C)C1CCCCC1.C[C-](C)C.[Zn+2]. The van der Waals surface area contributed by atoms with Crippen LogP contribution in [0.2, 0.25) is 0 Å². The zero-order chi connectivity index (χ0) is 13.3. The molecule has 0 radical (unpaired) electrons. The summed E-state index contributed by atoms with van der Waals surface area (Å²) in [6.45, 7) is 8.34. The minimum Gasteiger partial charge on any atom is -0.624 e. The quantitative estimate of drug-likeness (QED) is 0.410. The fourth-order valence-corrected chi connectivity index (χ4v) is 2.00. The zero-order valence-electron chi connectivity index (χ0n) is 13.3. The minimum atomic E-state index is 0. The maximum atomic E-state index is 4.51. The Kier molecular flexibility index (Phi) is 13.8. The van der Waals surface area contributed by atoms with E-state index in [2.05, 4.69) is 39.2 Å². The molecule has 102 valence electrons. The number of allylic oxidation sites excluding steroid dienone is 2. The van der Waals surface area contributed by atoms with Gasteiger partial charge < -0.3 is 16.4 Å². The fraction of sp³-hybridized carbons (Fsp3) is 0.800. The first-order valence-electron chi connectivity index (χ1n) is 6.79. The molecule has 0 aromatic rings. The van der Waals surface area contributed by atoms with Crippen molar-refractivity contribution in [2.75, 3.05) is 14.1 Å². The van der Waals surface area contributed by atoms with Crippen LogP contribution in [0, 0.1) is 11.8 Å². The number of rotatable bonds is 3. The van der Waals surface area contributed by atoms with Crippen molar-refractivity contribution in [1.29, 1.82) is 0 Å². The van der Waals surface area contributed by atoms with Crippen LogP contribution in [0.1, 0.15) is 59.8 Å². The molecule has 1 fully saturated rings. The summed E-state index contributed by atoms with van der Waals surface area (Å²) >= 11 is 0. The van der Waals surface area contributed by atoms with E-state index < -0.39 is 0 Å². The molecule has 18 heavy (non-hydrogen) atoms. The van der Waals surface area contributed by atoms with Crippen LogP contribution in [0.5, 0.6) is 0 Å². The Hall–Kier alpha value is 0.123. The Bertz CT molecular complexity index is 204. The molecule has 2 nitrogen and oxygen atoms in total. The molecule has 1 rings (SSSR count). The van der Waals surface area contributed by atoms with E-state index in [9.17, 15) is 0 Å². The Morgan fingerprint density at radius 1 is 1.11 bits per heavy atom. The standard InChI is InChI=1S/C11H21N2.C4H9.Zn/c1-4-11(12-13(2)3)10-8-6-5-7-9-10;1-4(2)3;/h4,10H,5-9H2,1-3H3;1-3H3;/q2*-1;+2/b11-4-;;. The van der Waals surface area contributed by atoms with E-state index in [0.717, 1.165) is 5.92 Å². The maximum Gasteiger partial charge on any atom is 2.00 e. The first kappa shape index (κ1) is 20.4. The third-order valence-corrected chi connectivity index (χ3v) is 2.63. The van der Waals surface area contributed by atoms with Crippen molar-refractivity contribution < 1.29 is 19.5 Å². The van der Waals surface area contributed by atoms with Crippen LogP contribution in [-0.2, 0) is 19.5 Å². The van der Waals surface area contributed by atoms with Crippen LogP contribution in [0.25, 0.3) is 5.43 Å². The minimum absolute atomic E-state index is 0. The summed E-state index contributed by atoms with van der Waals surface area (Å²) in [7, 11) is 3.98. The van der Waals surface area contributed by atoms with Crippen molar-refractivity contribution in [3.63, 3.8) is 0 Å². The molecule has 1 aliphatic carbocycles. The Morgan fingerprint density at radius 2 is 1.56 bits per heavy atom. The average molecular weight is 304 g/mol. The second-order valence-corrected chi connectivity index (χ2v) is 5.50. The predicted molar refractivity (Wildman–Crippen MR) is 77.6 cm³/mol. The molecule has 0 aromatic heterocycles. The second-order valence-electron chi connectivity index (χ2n) is 5.50. The second kappa shape index (κ2) is 12.2. The summed E-state index contributed by atoms with van der Waals surface area (Å²) < 4.78 is 0. The van der Waals surface area contributed by atoms with Gasteiger partial charge in [0.15, 0.2) is 0 Å². The molecule has 0 saturated heterocycles. The largest absolute Gasteiger partial charge is 2.00 e. The fourth-order valence-electron chi connectivity index (χ4n) is 2.00. The van der Waals surface area contributed by atoms with Crippen LogP contribution >= 0.6 is 0 Å². The van der Waals surface area contributed by atoms with Gasteiger partial charge in [0, 0.05) is 0 Å². The molecule has 3 heteroatoms. The van der Waals surface area contributed by atoms with Crippen molar-refractivity contribution in [3.8, 4) is 0 Å². The molecular weight excluding hydrogens is 274 g/mol. The number of hydrogen-bond donors (Lipinski definition) is 0. The summed E-state index contributed by atoms with van der Waals surface area (Å²) in [5.74, 6) is 2.14. The van der Waals surface area contributed by atoms with Gasteiger partial charge >= 0.3 is 19.5 Å². The van der Waals surface area contributed by atoms with E-state index in [1.165, 1.54) is 43.7 Å². The summed E-state index contributed by atoms with van der Waals surface area (Å²) in [5, 5.41) is 1.91. The molecule has 0 spiro atoms. The summed E-state index contributed by atoms with van der Waals surface area (Å²) in [6, 6.07) is 0. The number of hydrogen-bond acceptors (Lipinski definition) is 1. The van der Waals surface area contributed by atoms with Crippen LogP contribution in [-0.4, -0.2) is 19.1 Å². The summed E-state index contributed by atoms with van der Waals surface area (Å²) in [6.07, 6.45) is 9.00. The van der Waals surface area contributed by atoms with E-state index in [1.807, 2.05) is 19.1 Å². The molecule has 0 N–H and O–H groups in total. The van der Waals surface area contributed by atoms with E-state index in [0.29, 0.717) is 0 Å². The van der Waals surface area contributed by atoms with Gasteiger partial charge in [-0.05, 0) is 39.8 Å². The van der Waals surface area contributed by atoms with Gasteiger partial charge in [0.25, 0.3) is 0 Å². The van der Waals surface area contributed by atoms with Crippen LogP contribution < -0.4 is 0 Å². The van der Waals surface area contributed by atoms with Gasteiger partial charge in [0.05, 0.1) is 0 Å². The van der Waals surface area contributed by atoms with E-state index in [-0.39, 0.29) is 19.5 Å². The third-order valence-electron chi connectivity index (χ3n) is 2.63. The van der Waals surface area contributed by atoms with Crippen LogP contribution in [0.15, 0.2) is 11.8 Å². The molecule has 0 aromatic carbocycles. The number of nitrogens with zero attached hydrogens (tertiary/aromatic N) is 2. The molecular formula is C15H30N2Zn. The third kappa shape index (κ3) is 11.2. The monoisotopic (exact) mass is 302 g/mol. The maximum absolute atomic E-state index is 4.51. The van der Waals surface area contributed by atoms with E-state index in [4.69, 9.17) is 0 Å². The van der Waals surface area contributed by atoms with Crippen molar-refractivity contribution in [1.82, 2.24) is 5.01 Å². The van der Waals surface area contributed by atoms with Crippen LogP contribution in [0.4, 0.5) is 0 Å². The van der Waals surface area contributed by atoms with Gasteiger partial charge in [-0.3, -0.25) is 0 Å². The molecule has 0 amide bonds. The van der Waals surface area contributed by atoms with Gasteiger partial charge in [-0.15, -0.1) is 6.08 Å². The zero-order valence-corrected chi connectivity index (χ0v) is 16.3. The topological polar surface area (TPSA) is 17.3 Å². The smallest absolute Gasteiger partial charge is 0.624 e. The van der Waals surface area contributed by atoms with Crippen molar-refractivity contribution >= 4 is 0 Å². The molecule has 1 aliphatic rings. The van der Waals surface area contributed by atoms with Gasteiger partial charge in [0.2, 0.25) is 0 Å². The first-order valence-corrected chi connectivity index (χ1v) is 6.79. The van der Waals surface area contributed by atoms with Gasteiger partial charge in [-0.1, -0.05) is 19.3 Å².